The zero-order valence-electron chi connectivity index (χ0n) is 10.9. The van der Waals surface area contributed by atoms with Crippen LogP contribution in [0.15, 0.2) is 22.7 Å². The van der Waals surface area contributed by atoms with Crippen molar-refractivity contribution in [2.45, 2.75) is 12.6 Å². The molecule has 1 rings (SSSR count). The highest BCUT2D eigenvalue weighted by atomic mass is 79.9. The Morgan fingerprint density at radius 2 is 2.32 bits per heavy atom. The number of methoxy groups -OCH3 is 1. The molecule has 5 heteroatoms. The van der Waals surface area contributed by atoms with E-state index in [1.54, 1.807) is 7.11 Å². The van der Waals surface area contributed by atoms with Gasteiger partial charge in [-0.25, -0.2) is 0 Å². The normalized spacial score (nSPS) is 11.9. The predicted octanol–water partition coefficient (Wildman–Crippen LogP) is 1.56. The third kappa shape index (κ3) is 5.62. The van der Waals surface area contributed by atoms with E-state index in [9.17, 15) is 5.11 Å². The van der Waals surface area contributed by atoms with Gasteiger partial charge in [-0.15, -0.1) is 6.42 Å². The summed E-state index contributed by atoms with van der Waals surface area (Å²) in [5.41, 5.74) is 0.971. The van der Waals surface area contributed by atoms with Crippen LogP contribution in [-0.4, -0.2) is 38.1 Å². The molecule has 1 aromatic carbocycles. The highest BCUT2D eigenvalue weighted by Crippen LogP contribution is 2.23. The van der Waals surface area contributed by atoms with E-state index < -0.39 is 0 Å². The number of hydrogen-bond acceptors (Lipinski definition) is 4. The molecule has 0 amide bonds. The first kappa shape index (κ1) is 16.0. The van der Waals surface area contributed by atoms with Crippen molar-refractivity contribution in [1.29, 1.82) is 0 Å². The van der Waals surface area contributed by atoms with Crippen molar-refractivity contribution in [2.24, 2.45) is 0 Å². The fourth-order valence-electron chi connectivity index (χ4n) is 1.58. The maximum Gasteiger partial charge on any atom is 0.148 e. The molecule has 0 heterocycles. The van der Waals surface area contributed by atoms with Gasteiger partial charge in [0.15, 0.2) is 0 Å². The van der Waals surface area contributed by atoms with E-state index in [1.807, 2.05) is 18.2 Å². The maximum absolute atomic E-state index is 9.19. The Morgan fingerprint density at radius 3 is 2.95 bits per heavy atom. The summed E-state index contributed by atoms with van der Waals surface area (Å²) in [6.45, 7) is 1.26. The Balaban J connectivity index is 2.69. The molecule has 4 nitrogen and oxygen atoms in total. The zero-order chi connectivity index (χ0) is 14.1. The first-order valence-corrected chi connectivity index (χ1v) is 6.68. The molecule has 0 bridgehead atoms. The van der Waals surface area contributed by atoms with Crippen LogP contribution >= 0.6 is 15.9 Å². The monoisotopic (exact) mass is 327 g/mol. The van der Waals surface area contributed by atoms with Crippen LogP contribution in [0.3, 0.4) is 0 Å². The van der Waals surface area contributed by atoms with Crippen LogP contribution in [0.5, 0.6) is 5.75 Å². The SMILES string of the molecule is C#CCOc1ccc(Br)cc1CNC(CO)COC. The Hall–Kier alpha value is -1.06. The topological polar surface area (TPSA) is 50.7 Å². The summed E-state index contributed by atoms with van der Waals surface area (Å²) in [4.78, 5) is 0. The molecule has 0 spiro atoms. The minimum Gasteiger partial charge on any atom is -0.481 e. The van der Waals surface area contributed by atoms with Crippen LogP contribution < -0.4 is 10.1 Å². The zero-order valence-corrected chi connectivity index (χ0v) is 12.4. The van der Waals surface area contributed by atoms with Crippen molar-refractivity contribution < 1.29 is 14.6 Å². The number of halogens is 1. The van der Waals surface area contributed by atoms with E-state index in [4.69, 9.17) is 15.9 Å². The second-order valence-electron chi connectivity index (χ2n) is 3.96. The fraction of sp³-hybridized carbons (Fsp3) is 0.429. The van der Waals surface area contributed by atoms with Crippen molar-refractivity contribution in [2.75, 3.05) is 26.9 Å². The lowest BCUT2D eigenvalue weighted by molar-refractivity contribution is 0.128. The highest BCUT2D eigenvalue weighted by Gasteiger charge is 2.09. The molecule has 0 saturated heterocycles. The molecule has 104 valence electrons. The summed E-state index contributed by atoms with van der Waals surface area (Å²) in [5.74, 6) is 3.18. The summed E-state index contributed by atoms with van der Waals surface area (Å²) in [7, 11) is 1.60. The molecule has 0 aromatic heterocycles. The average molecular weight is 328 g/mol. The molecular formula is C14H18BrNO3. The van der Waals surface area contributed by atoms with Gasteiger partial charge in [0.25, 0.3) is 0 Å². The average Bonchev–Trinajstić information content (AvgIpc) is 2.42. The molecule has 0 saturated carbocycles. The van der Waals surface area contributed by atoms with E-state index in [0.29, 0.717) is 13.2 Å². The van der Waals surface area contributed by atoms with Crippen molar-refractivity contribution >= 4 is 15.9 Å². The van der Waals surface area contributed by atoms with Crippen LogP contribution in [0.2, 0.25) is 0 Å². The van der Waals surface area contributed by atoms with Gasteiger partial charge in [0, 0.05) is 23.7 Å². The third-order valence-electron chi connectivity index (χ3n) is 2.50. The van der Waals surface area contributed by atoms with E-state index >= 15 is 0 Å². The number of ether oxygens (including phenoxy) is 2. The summed E-state index contributed by atoms with van der Waals surface area (Å²) in [6.07, 6.45) is 5.19. The van der Waals surface area contributed by atoms with Crippen molar-refractivity contribution in [3.05, 3.63) is 28.2 Å². The molecule has 0 fully saturated rings. The minimum absolute atomic E-state index is 0.0163. The van der Waals surface area contributed by atoms with Crippen molar-refractivity contribution in [3.8, 4) is 18.1 Å². The van der Waals surface area contributed by atoms with Crippen molar-refractivity contribution in [1.82, 2.24) is 5.32 Å². The Labute approximate surface area is 122 Å². The second-order valence-corrected chi connectivity index (χ2v) is 4.88. The molecule has 0 aliphatic rings. The standard InChI is InChI=1S/C14H18BrNO3/c1-3-6-19-14-5-4-12(15)7-11(14)8-16-13(9-17)10-18-2/h1,4-5,7,13,16-17H,6,8-10H2,2H3. The van der Waals surface area contributed by atoms with Gasteiger partial charge in [0.05, 0.1) is 19.3 Å². The summed E-state index contributed by atoms with van der Waals surface area (Å²) >= 11 is 3.42. The Bertz CT molecular complexity index is 431. The van der Waals surface area contributed by atoms with Crippen LogP contribution in [-0.2, 0) is 11.3 Å². The Morgan fingerprint density at radius 1 is 1.53 bits per heavy atom. The Kier molecular flexibility index (Phi) is 7.53. The number of terminal acetylenes is 1. The van der Waals surface area contributed by atoms with Gasteiger partial charge in [-0.3, -0.25) is 0 Å². The summed E-state index contributed by atoms with van der Waals surface area (Å²) < 4.78 is 11.5. The van der Waals surface area contributed by atoms with Gasteiger partial charge >= 0.3 is 0 Å². The second kappa shape index (κ2) is 8.94. The van der Waals surface area contributed by atoms with Crippen LogP contribution in [0.25, 0.3) is 0 Å². The smallest absolute Gasteiger partial charge is 0.148 e. The molecular weight excluding hydrogens is 310 g/mol. The van der Waals surface area contributed by atoms with Gasteiger partial charge in [-0.05, 0) is 18.2 Å². The molecule has 2 N–H and O–H groups in total. The number of benzene rings is 1. The lowest BCUT2D eigenvalue weighted by atomic mass is 10.2. The van der Waals surface area contributed by atoms with Gasteiger partial charge in [-0.2, -0.15) is 0 Å². The molecule has 1 aromatic rings. The quantitative estimate of drug-likeness (QED) is 0.711. The number of nitrogens with one attached hydrogen (secondary N) is 1. The van der Waals surface area contributed by atoms with Gasteiger partial charge in [0.1, 0.15) is 12.4 Å². The minimum atomic E-state index is -0.107. The first-order chi connectivity index (χ1) is 9.21. The third-order valence-corrected chi connectivity index (χ3v) is 3.00. The summed E-state index contributed by atoms with van der Waals surface area (Å²) in [6, 6.07) is 5.61. The van der Waals surface area contributed by atoms with Gasteiger partial charge in [0.2, 0.25) is 0 Å². The van der Waals surface area contributed by atoms with Crippen LogP contribution in [0.4, 0.5) is 0 Å². The van der Waals surface area contributed by atoms with Gasteiger partial charge in [-0.1, -0.05) is 21.9 Å². The van der Waals surface area contributed by atoms with E-state index in [-0.39, 0.29) is 19.3 Å². The molecule has 0 radical (unpaired) electrons. The molecule has 0 aliphatic carbocycles. The maximum atomic E-state index is 9.19. The molecule has 19 heavy (non-hydrogen) atoms. The van der Waals surface area contributed by atoms with Crippen LogP contribution in [0.1, 0.15) is 5.56 Å². The number of rotatable bonds is 8. The lowest BCUT2D eigenvalue weighted by Gasteiger charge is -2.17. The van der Waals surface area contributed by atoms with Crippen molar-refractivity contribution in [3.63, 3.8) is 0 Å². The fourth-order valence-corrected chi connectivity index (χ4v) is 1.99. The molecule has 0 aliphatic heterocycles. The number of aliphatic hydroxyl groups is 1. The number of aliphatic hydroxyl groups excluding tert-OH is 1. The predicted molar refractivity (Wildman–Crippen MR) is 78.1 cm³/mol. The molecule has 1 atom stereocenters. The van der Waals surface area contributed by atoms with Gasteiger partial charge < -0.3 is 19.9 Å². The first-order valence-electron chi connectivity index (χ1n) is 5.89. The van der Waals surface area contributed by atoms with E-state index in [1.165, 1.54) is 0 Å². The number of hydrogen-bond donors (Lipinski definition) is 2. The lowest BCUT2D eigenvalue weighted by Crippen LogP contribution is -2.36. The van der Waals surface area contributed by atoms with Crippen LogP contribution in [0, 0.1) is 12.3 Å². The van der Waals surface area contributed by atoms with E-state index in [2.05, 4.69) is 27.2 Å². The highest BCUT2D eigenvalue weighted by molar-refractivity contribution is 9.10. The van der Waals surface area contributed by atoms with E-state index in [0.717, 1.165) is 15.8 Å². The molecule has 1 unspecified atom stereocenters. The largest absolute Gasteiger partial charge is 0.481 e. The summed E-state index contributed by atoms with van der Waals surface area (Å²) in [5, 5.41) is 12.4.